The van der Waals surface area contributed by atoms with Gasteiger partial charge in [0.1, 0.15) is 35.4 Å². The Morgan fingerprint density at radius 1 is 0.917 bits per heavy atom. The topological polar surface area (TPSA) is 71.4 Å². The van der Waals surface area contributed by atoms with E-state index in [4.69, 9.17) is 14.2 Å². The van der Waals surface area contributed by atoms with Crippen LogP contribution in [0.4, 0.5) is 0 Å². The first kappa shape index (κ1) is 23.1. The standard InChI is InChI=1S/C29H29NO5S/c31-20-5-7-25-26(17-20)34-12-8-24-23-6-4-21(32)18-27(23)35-29(28(24)25)19-2-1-3-22(16-19)33-13-9-30-10-14-36-15-11-30/h1-7,16-18,29,31-32H,8-15H2/t29-/m0/s1. The minimum absolute atomic E-state index is 0.166. The van der Waals surface area contributed by atoms with Gasteiger partial charge < -0.3 is 24.4 Å². The van der Waals surface area contributed by atoms with E-state index >= 15 is 0 Å². The fourth-order valence-corrected chi connectivity index (χ4v) is 6.13. The molecule has 1 saturated heterocycles. The summed E-state index contributed by atoms with van der Waals surface area (Å²) in [6.07, 6.45) is 0.272. The molecule has 0 saturated carbocycles. The highest BCUT2D eigenvalue weighted by molar-refractivity contribution is 7.99. The van der Waals surface area contributed by atoms with Gasteiger partial charge in [0.25, 0.3) is 0 Å². The third kappa shape index (κ3) is 4.61. The second-order valence-electron chi connectivity index (χ2n) is 9.22. The number of ether oxygens (including phenoxy) is 3. The molecule has 0 bridgehead atoms. The van der Waals surface area contributed by atoms with Gasteiger partial charge in [-0.05, 0) is 42.0 Å². The van der Waals surface area contributed by atoms with Crippen LogP contribution in [0.15, 0.2) is 60.7 Å². The zero-order valence-electron chi connectivity index (χ0n) is 20.0. The van der Waals surface area contributed by atoms with Crippen molar-refractivity contribution in [2.24, 2.45) is 0 Å². The van der Waals surface area contributed by atoms with Gasteiger partial charge in [-0.1, -0.05) is 12.1 Å². The molecule has 0 unspecified atom stereocenters. The molecule has 1 fully saturated rings. The summed E-state index contributed by atoms with van der Waals surface area (Å²) < 4.78 is 18.8. The zero-order valence-corrected chi connectivity index (χ0v) is 20.8. The maximum Gasteiger partial charge on any atom is 0.150 e. The number of nitrogens with zero attached hydrogens (tertiary/aromatic N) is 1. The lowest BCUT2D eigenvalue weighted by Crippen LogP contribution is -2.35. The molecule has 0 amide bonds. The molecule has 6 nitrogen and oxygen atoms in total. The van der Waals surface area contributed by atoms with Gasteiger partial charge in [-0.3, -0.25) is 4.90 Å². The van der Waals surface area contributed by atoms with Crippen molar-refractivity contribution in [1.29, 1.82) is 0 Å². The Kier molecular flexibility index (Phi) is 6.42. The average molecular weight is 504 g/mol. The van der Waals surface area contributed by atoms with E-state index in [1.165, 1.54) is 11.5 Å². The Balaban J connectivity index is 1.35. The van der Waals surface area contributed by atoms with Crippen LogP contribution in [0.3, 0.4) is 0 Å². The van der Waals surface area contributed by atoms with E-state index in [1.807, 2.05) is 48.2 Å². The summed E-state index contributed by atoms with van der Waals surface area (Å²) in [4.78, 5) is 2.45. The highest BCUT2D eigenvalue weighted by Crippen LogP contribution is 2.52. The summed E-state index contributed by atoms with van der Waals surface area (Å²) in [7, 11) is 0. The van der Waals surface area contributed by atoms with E-state index in [2.05, 4.69) is 4.90 Å². The van der Waals surface area contributed by atoms with Crippen molar-refractivity contribution < 1.29 is 24.4 Å². The average Bonchev–Trinajstić information content (AvgIpc) is 3.08. The minimum atomic E-state index is -0.415. The molecule has 3 aromatic carbocycles. The molecule has 7 heteroatoms. The van der Waals surface area contributed by atoms with Gasteiger partial charge in [0, 0.05) is 72.0 Å². The number of rotatable bonds is 5. The van der Waals surface area contributed by atoms with Gasteiger partial charge in [0.15, 0.2) is 6.10 Å². The summed E-state index contributed by atoms with van der Waals surface area (Å²) in [5.74, 6) is 4.80. The van der Waals surface area contributed by atoms with Crippen molar-refractivity contribution >= 4 is 22.9 Å². The van der Waals surface area contributed by atoms with Crippen LogP contribution in [0.1, 0.15) is 29.2 Å². The quantitative estimate of drug-likeness (QED) is 0.486. The Morgan fingerprint density at radius 3 is 2.53 bits per heavy atom. The molecule has 0 aromatic heterocycles. The minimum Gasteiger partial charge on any atom is -0.508 e. The van der Waals surface area contributed by atoms with Crippen LogP contribution < -0.4 is 14.2 Å². The van der Waals surface area contributed by atoms with Crippen LogP contribution in [0.25, 0.3) is 11.1 Å². The SMILES string of the molecule is Oc1ccc2c(c1)O[C@@H](c1cccc(OCCN3CCSCC3)c1)C1=C2CCOc2cc(O)ccc21. The molecule has 36 heavy (non-hydrogen) atoms. The molecule has 6 rings (SSSR count). The van der Waals surface area contributed by atoms with Gasteiger partial charge in [-0.2, -0.15) is 11.8 Å². The van der Waals surface area contributed by atoms with E-state index < -0.39 is 6.10 Å². The van der Waals surface area contributed by atoms with Crippen molar-refractivity contribution in [2.75, 3.05) is 44.4 Å². The molecule has 3 aliphatic rings. The van der Waals surface area contributed by atoms with E-state index in [9.17, 15) is 10.2 Å². The van der Waals surface area contributed by atoms with Crippen LogP contribution >= 0.6 is 11.8 Å². The normalized spacial score (nSPS) is 19.3. The molecular weight excluding hydrogens is 474 g/mol. The lowest BCUT2D eigenvalue weighted by atomic mass is 9.84. The number of fused-ring (bicyclic) bond motifs is 4. The van der Waals surface area contributed by atoms with Crippen molar-refractivity contribution in [3.63, 3.8) is 0 Å². The number of benzene rings is 3. The first-order valence-corrected chi connectivity index (χ1v) is 13.5. The van der Waals surface area contributed by atoms with E-state index in [0.29, 0.717) is 31.1 Å². The number of phenolic OH excluding ortho intramolecular Hbond substituents is 2. The molecular formula is C29H29NO5S. The van der Waals surface area contributed by atoms with Crippen LogP contribution in [0.5, 0.6) is 28.7 Å². The zero-order chi connectivity index (χ0) is 24.5. The lowest BCUT2D eigenvalue weighted by Gasteiger charge is -2.31. The predicted molar refractivity (Wildman–Crippen MR) is 142 cm³/mol. The number of aromatic hydroxyl groups is 2. The van der Waals surface area contributed by atoms with Crippen LogP contribution in [0.2, 0.25) is 0 Å². The second-order valence-corrected chi connectivity index (χ2v) is 10.4. The fourth-order valence-electron chi connectivity index (χ4n) is 5.16. The third-order valence-corrected chi connectivity index (χ3v) is 7.87. The van der Waals surface area contributed by atoms with E-state index in [1.54, 1.807) is 24.3 Å². The van der Waals surface area contributed by atoms with Crippen LogP contribution in [0, 0.1) is 0 Å². The fraction of sp³-hybridized carbons (Fsp3) is 0.310. The van der Waals surface area contributed by atoms with Gasteiger partial charge in [0.2, 0.25) is 0 Å². The number of hydrogen-bond acceptors (Lipinski definition) is 7. The Labute approximate surface area is 215 Å². The first-order valence-electron chi connectivity index (χ1n) is 12.4. The molecule has 3 heterocycles. The van der Waals surface area contributed by atoms with Crippen molar-refractivity contribution in [2.45, 2.75) is 12.5 Å². The van der Waals surface area contributed by atoms with Crippen molar-refractivity contribution in [1.82, 2.24) is 4.90 Å². The molecule has 3 aliphatic heterocycles. The molecule has 2 N–H and O–H groups in total. The van der Waals surface area contributed by atoms with Gasteiger partial charge in [0.05, 0.1) is 6.61 Å². The Bertz CT molecular complexity index is 1300. The van der Waals surface area contributed by atoms with E-state index in [-0.39, 0.29) is 11.5 Å². The predicted octanol–water partition coefficient (Wildman–Crippen LogP) is 5.35. The summed E-state index contributed by atoms with van der Waals surface area (Å²) in [5, 5.41) is 20.2. The van der Waals surface area contributed by atoms with Crippen molar-refractivity contribution in [3.05, 3.63) is 77.4 Å². The summed E-state index contributed by atoms with van der Waals surface area (Å²) in [6, 6.07) is 18.6. The number of hydrogen-bond donors (Lipinski definition) is 2. The lowest BCUT2D eigenvalue weighted by molar-refractivity contribution is 0.221. The van der Waals surface area contributed by atoms with Crippen LogP contribution in [-0.2, 0) is 0 Å². The monoisotopic (exact) mass is 503 g/mol. The Hall–Kier alpha value is -3.29. The van der Waals surface area contributed by atoms with Gasteiger partial charge >= 0.3 is 0 Å². The molecule has 0 radical (unpaired) electrons. The van der Waals surface area contributed by atoms with E-state index in [0.717, 1.165) is 53.2 Å². The first-order chi connectivity index (χ1) is 17.7. The van der Waals surface area contributed by atoms with Gasteiger partial charge in [-0.25, -0.2) is 0 Å². The number of phenols is 2. The maximum absolute atomic E-state index is 10.2. The smallest absolute Gasteiger partial charge is 0.150 e. The van der Waals surface area contributed by atoms with Crippen LogP contribution in [-0.4, -0.2) is 59.5 Å². The Morgan fingerprint density at radius 2 is 1.69 bits per heavy atom. The second kappa shape index (κ2) is 9.99. The highest BCUT2D eigenvalue weighted by Gasteiger charge is 2.34. The third-order valence-electron chi connectivity index (χ3n) is 6.93. The summed E-state index contributed by atoms with van der Waals surface area (Å²) in [6.45, 7) is 4.27. The van der Waals surface area contributed by atoms with Gasteiger partial charge in [-0.15, -0.1) is 0 Å². The number of thioether (sulfide) groups is 1. The molecule has 0 aliphatic carbocycles. The molecule has 1 atom stereocenters. The molecule has 3 aromatic rings. The van der Waals surface area contributed by atoms with Crippen molar-refractivity contribution in [3.8, 4) is 28.7 Å². The summed E-state index contributed by atoms with van der Waals surface area (Å²) in [5.41, 5.74) is 4.96. The molecule has 0 spiro atoms. The highest BCUT2D eigenvalue weighted by atomic mass is 32.2. The molecule has 186 valence electrons. The largest absolute Gasteiger partial charge is 0.508 e. The maximum atomic E-state index is 10.2. The summed E-state index contributed by atoms with van der Waals surface area (Å²) >= 11 is 2.01.